The molecule has 1 aromatic heterocycles. The molecule has 3 aromatic carbocycles. The predicted molar refractivity (Wildman–Crippen MR) is 132 cm³/mol. The number of amides is 2. The van der Waals surface area contributed by atoms with E-state index in [-0.39, 0.29) is 30.6 Å². The van der Waals surface area contributed by atoms with Gasteiger partial charge in [-0.1, -0.05) is 0 Å². The van der Waals surface area contributed by atoms with E-state index < -0.39 is 11.6 Å². The van der Waals surface area contributed by atoms with Crippen LogP contribution in [-0.2, 0) is 22.6 Å². The molecule has 0 spiro atoms. The Morgan fingerprint density at radius 1 is 0.806 bits per heavy atom. The van der Waals surface area contributed by atoms with Crippen molar-refractivity contribution in [2.45, 2.75) is 26.3 Å². The highest BCUT2D eigenvalue weighted by Crippen LogP contribution is 2.28. The van der Waals surface area contributed by atoms with Gasteiger partial charge in [-0.15, -0.1) is 0 Å². The smallest absolute Gasteiger partial charge is 0.221 e. The number of aromatic nitrogens is 1. The number of hydrogen-bond acceptors (Lipinski definition) is 2. The van der Waals surface area contributed by atoms with Crippen molar-refractivity contribution in [2.24, 2.45) is 0 Å². The standard InChI is InChI=1S/C28H24F3N3O2/c1-18(35)33-24-6-8-25(9-7-24)34-26(10-12-27(34)20-2-4-21(29)5-3-20)11-13-28(36)32-17-19-14-22(30)16-23(31)15-19/h2-10,12,14-16H,11,13,17H2,1H3,(H,32,36)(H,33,35). The maximum Gasteiger partial charge on any atom is 0.221 e. The van der Waals surface area contributed by atoms with Gasteiger partial charge < -0.3 is 15.2 Å². The van der Waals surface area contributed by atoms with E-state index in [4.69, 9.17) is 0 Å². The lowest BCUT2D eigenvalue weighted by Gasteiger charge is -2.15. The number of benzene rings is 3. The van der Waals surface area contributed by atoms with E-state index in [2.05, 4.69) is 10.6 Å². The minimum Gasteiger partial charge on any atom is -0.352 e. The maximum absolute atomic E-state index is 13.5. The van der Waals surface area contributed by atoms with Gasteiger partial charge in [-0.2, -0.15) is 0 Å². The maximum atomic E-state index is 13.5. The van der Waals surface area contributed by atoms with Crippen molar-refractivity contribution in [3.63, 3.8) is 0 Å². The van der Waals surface area contributed by atoms with Crippen LogP contribution in [0.25, 0.3) is 16.9 Å². The summed E-state index contributed by atoms with van der Waals surface area (Å²) in [6, 6.07) is 20.3. The van der Waals surface area contributed by atoms with E-state index in [1.165, 1.54) is 31.2 Å². The number of nitrogens with zero attached hydrogens (tertiary/aromatic N) is 1. The zero-order valence-corrected chi connectivity index (χ0v) is 19.5. The highest BCUT2D eigenvalue weighted by Gasteiger charge is 2.14. The number of rotatable bonds is 8. The van der Waals surface area contributed by atoms with Gasteiger partial charge in [-0.25, -0.2) is 13.2 Å². The molecule has 5 nitrogen and oxygen atoms in total. The second kappa shape index (κ2) is 10.9. The summed E-state index contributed by atoms with van der Waals surface area (Å²) >= 11 is 0. The van der Waals surface area contributed by atoms with Crippen molar-refractivity contribution >= 4 is 17.5 Å². The number of nitrogens with one attached hydrogen (secondary N) is 2. The van der Waals surface area contributed by atoms with Crippen LogP contribution in [0.4, 0.5) is 18.9 Å². The molecule has 1 heterocycles. The molecule has 0 saturated carbocycles. The first-order valence-corrected chi connectivity index (χ1v) is 11.3. The molecule has 8 heteroatoms. The predicted octanol–water partition coefficient (Wildman–Crippen LogP) is 5.77. The molecule has 0 aliphatic carbocycles. The molecule has 0 saturated heterocycles. The van der Waals surface area contributed by atoms with Crippen molar-refractivity contribution < 1.29 is 22.8 Å². The Hall–Kier alpha value is -4.33. The van der Waals surface area contributed by atoms with Crippen LogP contribution in [0, 0.1) is 17.5 Å². The molecular formula is C28H24F3N3O2. The van der Waals surface area contributed by atoms with Crippen molar-refractivity contribution in [3.8, 4) is 16.9 Å². The summed E-state index contributed by atoms with van der Waals surface area (Å²) in [4.78, 5) is 23.8. The average molecular weight is 492 g/mol. The molecule has 4 rings (SSSR count). The van der Waals surface area contributed by atoms with Gasteiger partial charge in [0.1, 0.15) is 17.5 Å². The third-order valence-electron chi connectivity index (χ3n) is 5.57. The van der Waals surface area contributed by atoms with Crippen LogP contribution in [0.5, 0.6) is 0 Å². The van der Waals surface area contributed by atoms with Gasteiger partial charge >= 0.3 is 0 Å². The fourth-order valence-corrected chi connectivity index (χ4v) is 3.97. The SMILES string of the molecule is CC(=O)Nc1ccc(-n2c(CCC(=O)NCc3cc(F)cc(F)c3)ccc2-c2ccc(F)cc2)cc1. The number of carbonyl (C=O) groups excluding carboxylic acids is 2. The van der Waals surface area contributed by atoms with Crippen LogP contribution >= 0.6 is 0 Å². The van der Waals surface area contributed by atoms with E-state index in [1.54, 1.807) is 24.3 Å². The van der Waals surface area contributed by atoms with E-state index in [0.717, 1.165) is 28.7 Å². The van der Waals surface area contributed by atoms with Gasteiger partial charge in [0, 0.05) is 43.0 Å². The van der Waals surface area contributed by atoms with Crippen molar-refractivity contribution in [1.29, 1.82) is 0 Å². The molecule has 0 fully saturated rings. The Bertz CT molecular complexity index is 1360. The summed E-state index contributed by atoms with van der Waals surface area (Å²) in [5.41, 5.74) is 4.24. The second-order valence-electron chi connectivity index (χ2n) is 8.33. The van der Waals surface area contributed by atoms with Crippen molar-refractivity contribution in [1.82, 2.24) is 9.88 Å². The van der Waals surface area contributed by atoms with Crippen molar-refractivity contribution in [3.05, 3.63) is 108 Å². The molecular weight excluding hydrogens is 467 g/mol. The first-order chi connectivity index (χ1) is 17.3. The molecule has 0 aliphatic heterocycles. The van der Waals surface area contributed by atoms with E-state index in [0.29, 0.717) is 17.7 Å². The molecule has 4 aromatic rings. The molecule has 2 amide bonds. The van der Waals surface area contributed by atoms with Gasteiger partial charge in [0.05, 0.1) is 5.69 Å². The quantitative estimate of drug-likeness (QED) is 0.329. The number of carbonyl (C=O) groups is 2. The van der Waals surface area contributed by atoms with E-state index in [1.807, 2.05) is 28.8 Å². The lowest BCUT2D eigenvalue weighted by Crippen LogP contribution is -2.23. The van der Waals surface area contributed by atoms with E-state index in [9.17, 15) is 22.8 Å². The van der Waals surface area contributed by atoms with Crippen molar-refractivity contribution in [2.75, 3.05) is 5.32 Å². The van der Waals surface area contributed by atoms with Crippen LogP contribution < -0.4 is 10.6 Å². The van der Waals surface area contributed by atoms with Gasteiger partial charge in [-0.3, -0.25) is 9.59 Å². The molecule has 0 aliphatic rings. The van der Waals surface area contributed by atoms with Gasteiger partial charge in [0.2, 0.25) is 11.8 Å². The summed E-state index contributed by atoms with van der Waals surface area (Å²) in [5.74, 6) is -2.18. The first kappa shape index (κ1) is 24.8. The Morgan fingerprint density at radius 3 is 2.11 bits per heavy atom. The van der Waals surface area contributed by atoms with Gasteiger partial charge in [0.25, 0.3) is 0 Å². The van der Waals surface area contributed by atoms with Gasteiger partial charge in [0.15, 0.2) is 0 Å². The Labute approximate surface area is 206 Å². The molecule has 2 N–H and O–H groups in total. The molecule has 0 bridgehead atoms. The number of hydrogen-bond donors (Lipinski definition) is 2. The summed E-state index contributed by atoms with van der Waals surface area (Å²) in [6.45, 7) is 1.44. The molecule has 0 radical (unpaired) electrons. The Kier molecular flexibility index (Phi) is 7.53. The Morgan fingerprint density at radius 2 is 1.47 bits per heavy atom. The zero-order chi connectivity index (χ0) is 25.7. The lowest BCUT2D eigenvalue weighted by molar-refractivity contribution is -0.121. The fourth-order valence-electron chi connectivity index (χ4n) is 3.97. The van der Waals surface area contributed by atoms with E-state index >= 15 is 0 Å². The monoisotopic (exact) mass is 491 g/mol. The average Bonchev–Trinajstić information content (AvgIpc) is 3.25. The summed E-state index contributed by atoms with van der Waals surface area (Å²) in [7, 11) is 0. The summed E-state index contributed by atoms with van der Waals surface area (Å²) < 4.78 is 42.2. The third kappa shape index (κ3) is 6.21. The largest absolute Gasteiger partial charge is 0.352 e. The Balaban J connectivity index is 1.54. The third-order valence-corrected chi connectivity index (χ3v) is 5.57. The summed E-state index contributed by atoms with van der Waals surface area (Å²) in [6.07, 6.45) is 0.534. The second-order valence-corrected chi connectivity index (χ2v) is 8.33. The number of halogens is 3. The minimum absolute atomic E-state index is 0.0139. The van der Waals surface area contributed by atoms with Crippen LogP contribution in [0.3, 0.4) is 0 Å². The highest BCUT2D eigenvalue weighted by atomic mass is 19.1. The lowest BCUT2D eigenvalue weighted by atomic mass is 10.1. The highest BCUT2D eigenvalue weighted by molar-refractivity contribution is 5.88. The zero-order valence-electron chi connectivity index (χ0n) is 19.5. The molecule has 184 valence electrons. The number of aryl methyl sites for hydroxylation is 1. The van der Waals surface area contributed by atoms with Gasteiger partial charge in [-0.05, 0) is 90.3 Å². The van der Waals surface area contributed by atoms with Crippen LogP contribution in [-0.4, -0.2) is 16.4 Å². The normalized spacial score (nSPS) is 10.8. The molecule has 36 heavy (non-hydrogen) atoms. The van der Waals surface area contributed by atoms with Crippen LogP contribution in [0.15, 0.2) is 78.9 Å². The molecule has 0 atom stereocenters. The van der Waals surface area contributed by atoms with Crippen LogP contribution in [0.1, 0.15) is 24.6 Å². The van der Waals surface area contributed by atoms with Crippen LogP contribution in [0.2, 0.25) is 0 Å². The first-order valence-electron chi connectivity index (χ1n) is 11.3. The molecule has 0 unspecified atom stereocenters. The minimum atomic E-state index is -0.699. The topological polar surface area (TPSA) is 63.1 Å². The number of anilines is 1. The summed E-state index contributed by atoms with van der Waals surface area (Å²) in [5, 5.41) is 5.42. The fraction of sp³-hybridized carbons (Fsp3) is 0.143.